The Bertz CT molecular complexity index is 585. The summed E-state index contributed by atoms with van der Waals surface area (Å²) in [4.78, 5) is 2.10. The van der Waals surface area contributed by atoms with E-state index in [9.17, 15) is 5.21 Å². The fourth-order valence-corrected chi connectivity index (χ4v) is 6.11. The van der Waals surface area contributed by atoms with Crippen molar-refractivity contribution >= 4 is 5.71 Å². The summed E-state index contributed by atoms with van der Waals surface area (Å²) >= 11 is 0. The number of benzene rings is 1. The second kappa shape index (κ2) is 6.18. The molecule has 0 aliphatic heterocycles. The highest BCUT2D eigenvalue weighted by atomic mass is 16.5. The van der Waals surface area contributed by atoms with Crippen molar-refractivity contribution in [2.45, 2.75) is 38.5 Å². The maximum atomic E-state index is 13.2. The minimum Gasteiger partial charge on any atom is -0.624 e. The van der Waals surface area contributed by atoms with E-state index in [0.29, 0.717) is 6.54 Å². The summed E-state index contributed by atoms with van der Waals surface area (Å²) < 4.78 is 1.35. The third kappa shape index (κ3) is 2.88. The van der Waals surface area contributed by atoms with Crippen molar-refractivity contribution in [3.05, 3.63) is 41.1 Å². The van der Waals surface area contributed by atoms with Gasteiger partial charge in [0.25, 0.3) is 0 Å². The zero-order chi connectivity index (χ0) is 16.7. The van der Waals surface area contributed by atoms with Gasteiger partial charge in [0.15, 0.2) is 6.54 Å². The van der Waals surface area contributed by atoms with Crippen molar-refractivity contribution in [2.75, 3.05) is 27.2 Å². The molecule has 0 N–H and O–H groups in total. The SMILES string of the molecule is CN(C)CC/[N+]([O-])=C(/c1ccccc1)C12CC3CC(CC(C3)C1)C2. The van der Waals surface area contributed by atoms with Crippen LogP contribution in [0.1, 0.15) is 44.1 Å². The molecule has 1 aromatic carbocycles. The lowest BCUT2D eigenvalue weighted by Crippen LogP contribution is -2.52. The van der Waals surface area contributed by atoms with Crippen LogP contribution in [0.5, 0.6) is 0 Å². The van der Waals surface area contributed by atoms with Gasteiger partial charge in [0.2, 0.25) is 5.71 Å². The number of hydrogen-bond acceptors (Lipinski definition) is 2. The quantitative estimate of drug-likeness (QED) is 0.357. The van der Waals surface area contributed by atoms with E-state index in [0.717, 1.165) is 35.6 Å². The molecule has 5 rings (SSSR count). The Morgan fingerprint density at radius 2 is 1.58 bits per heavy atom. The maximum absolute atomic E-state index is 13.2. The Morgan fingerprint density at radius 3 is 2.08 bits per heavy atom. The van der Waals surface area contributed by atoms with Crippen LogP contribution < -0.4 is 0 Å². The first-order valence-corrected chi connectivity index (χ1v) is 9.58. The average Bonchev–Trinajstić information content (AvgIpc) is 2.52. The minimum absolute atomic E-state index is 0.143. The molecule has 0 atom stereocenters. The van der Waals surface area contributed by atoms with Gasteiger partial charge in [-0.1, -0.05) is 18.2 Å². The van der Waals surface area contributed by atoms with E-state index in [2.05, 4.69) is 35.2 Å². The Morgan fingerprint density at radius 1 is 1.04 bits per heavy atom. The molecule has 0 spiro atoms. The summed E-state index contributed by atoms with van der Waals surface area (Å²) in [6, 6.07) is 10.5. The number of likely N-dealkylation sites (N-methyl/N-ethyl adjacent to an activating group) is 1. The van der Waals surface area contributed by atoms with Crippen LogP contribution in [0.4, 0.5) is 0 Å². The van der Waals surface area contributed by atoms with Gasteiger partial charge in [-0.25, -0.2) is 4.74 Å². The molecule has 0 amide bonds. The van der Waals surface area contributed by atoms with E-state index in [1.165, 1.54) is 43.3 Å². The van der Waals surface area contributed by atoms with Gasteiger partial charge in [0.05, 0.1) is 12.0 Å². The second-order valence-electron chi connectivity index (χ2n) is 8.82. The predicted octanol–water partition coefficient (Wildman–Crippen LogP) is 3.76. The predicted molar refractivity (Wildman–Crippen MR) is 98.2 cm³/mol. The zero-order valence-corrected chi connectivity index (χ0v) is 15.1. The molecule has 0 radical (unpaired) electrons. The van der Waals surface area contributed by atoms with Crippen LogP contribution in [0.3, 0.4) is 0 Å². The van der Waals surface area contributed by atoms with Gasteiger partial charge >= 0.3 is 0 Å². The van der Waals surface area contributed by atoms with Gasteiger partial charge < -0.3 is 10.1 Å². The van der Waals surface area contributed by atoms with Gasteiger partial charge in [-0.2, -0.15) is 0 Å². The Kier molecular flexibility index (Phi) is 4.16. The standard InChI is InChI=1S/C21H30N2O/c1-22(2)8-9-23(24)20(19-6-4-3-5-7-19)21-13-16-10-17(14-21)12-18(11-16)15-21/h3-7,16-18H,8-15H2,1-2H3/b23-20+. The number of hydrogen-bond donors (Lipinski definition) is 0. The smallest absolute Gasteiger partial charge is 0.200 e. The van der Waals surface area contributed by atoms with E-state index in [1.807, 2.05) is 14.1 Å². The van der Waals surface area contributed by atoms with E-state index >= 15 is 0 Å². The molecule has 0 saturated heterocycles. The van der Waals surface area contributed by atoms with E-state index in [-0.39, 0.29) is 5.41 Å². The van der Waals surface area contributed by atoms with Crippen molar-refractivity contribution < 1.29 is 4.74 Å². The van der Waals surface area contributed by atoms with Gasteiger partial charge in [0, 0.05) is 5.56 Å². The zero-order valence-electron chi connectivity index (χ0n) is 15.1. The molecule has 0 aromatic heterocycles. The summed E-state index contributed by atoms with van der Waals surface area (Å²) in [5, 5.41) is 13.2. The molecule has 3 heteroatoms. The lowest BCUT2D eigenvalue weighted by atomic mass is 9.48. The van der Waals surface area contributed by atoms with Crippen molar-refractivity contribution in [2.24, 2.45) is 23.2 Å². The van der Waals surface area contributed by atoms with Crippen LogP contribution in [-0.4, -0.2) is 42.5 Å². The van der Waals surface area contributed by atoms with Gasteiger partial charge in [-0.15, -0.1) is 0 Å². The van der Waals surface area contributed by atoms with Gasteiger partial charge in [-0.05, 0) is 82.5 Å². The highest BCUT2D eigenvalue weighted by molar-refractivity contribution is 6.01. The number of nitrogens with zero attached hydrogens (tertiary/aromatic N) is 2. The van der Waals surface area contributed by atoms with Crippen LogP contribution in [0.25, 0.3) is 0 Å². The van der Waals surface area contributed by atoms with Crippen LogP contribution in [0, 0.1) is 28.4 Å². The molecule has 0 unspecified atom stereocenters. The monoisotopic (exact) mass is 326 g/mol. The molecular weight excluding hydrogens is 296 g/mol. The Labute approximate surface area is 146 Å². The fraction of sp³-hybridized carbons (Fsp3) is 0.667. The minimum atomic E-state index is 0.143. The fourth-order valence-electron chi connectivity index (χ4n) is 6.11. The molecular formula is C21H30N2O. The van der Waals surface area contributed by atoms with E-state index in [4.69, 9.17) is 0 Å². The third-order valence-corrected chi connectivity index (χ3v) is 6.59. The molecule has 3 nitrogen and oxygen atoms in total. The maximum Gasteiger partial charge on any atom is 0.200 e. The first-order valence-electron chi connectivity index (χ1n) is 9.58. The third-order valence-electron chi connectivity index (χ3n) is 6.59. The summed E-state index contributed by atoms with van der Waals surface area (Å²) in [6.07, 6.45) is 7.96. The van der Waals surface area contributed by atoms with Gasteiger partial charge in [0.1, 0.15) is 0 Å². The first-order chi connectivity index (χ1) is 11.6. The molecule has 4 saturated carbocycles. The Balaban J connectivity index is 1.74. The Hall–Kier alpha value is -1.35. The summed E-state index contributed by atoms with van der Waals surface area (Å²) in [5.41, 5.74) is 2.40. The van der Waals surface area contributed by atoms with Crippen LogP contribution in [-0.2, 0) is 0 Å². The lowest BCUT2D eigenvalue weighted by Gasteiger charge is -2.56. The summed E-state index contributed by atoms with van der Waals surface area (Å²) in [5.74, 6) is 2.58. The van der Waals surface area contributed by atoms with Crippen LogP contribution >= 0.6 is 0 Å². The van der Waals surface area contributed by atoms with Crippen molar-refractivity contribution in [3.8, 4) is 0 Å². The molecule has 4 aliphatic carbocycles. The summed E-state index contributed by atoms with van der Waals surface area (Å²) in [7, 11) is 4.08. The van der Waals surface area contributed by atoms with Crippen molar-refractivity contribution in [1.82, 2.24) is 4.90 Å². The van der Waals surface area contributed by atoms with E-state index in [1.54, 1.807) is 0 Å². The topological polar surface area (TPSA) is 29.3 Å². The highest BCUT2D eigenvalue weighted by Crippen LogP contribution is 2.61. The van der Waals surface area contributed by atoms with Crippen LogP contribution in [0.15, 0.2) is 30.3 Å². The van der Waals surface area contributed by atoms with E-state index < -0.39 is 0 Å². The molecule has 4 bridgehead atoms. The molecule has 1 aromatic rings. The second-order valence-corrected chi connectivity index (χ2v) is 8.82. The van der Waals surface area contributed by atoms with Crippen LogP contribution in [0.2, 0.25) is 0 Å². The molecule has 4 fully saturated rings. The highest BCUT2D eigenvalue weighted by Gasteiger charge is 2.56. The average molecular weight is 326 g/mol. The normalized spacial score (nSPS) is 35.4. The summed E-state index contributed by atoms with van der Waals surface area (Å²) in [6.45, 7) is 1.38. The largest absolute Gasteiger partial charge is 0.624 e. The lowest BCUT2D eigenvalue weighted by molar-refractivity contribution is -0.462. The first kappa shape index (κ1) is 16.1. The van der Waals surface area contributed by atoms with Crippen molar-refractivity contribution in [3.63, 3.8) is 0 Å². The molecule has 0 heterocycles. The number of rotatable bonds is 5. The molecule has 24 heavy (non-hydrogen) atoms. The van der Waals surface area contributed by atoms with Crippen molar-refractivity contribution in [1.29, 1.82) is 0 Å². The number of hydroxylamine groups is 1. The van der Waals surface area contributed by atoms with Gasteiger partial charge in [-0.3, -0.25) is 0 Å². The molecule has 130 valence electrons. The molecule has 4 aliphatic rings.